The molecule has 58 valence electrons. The summed E-state index contributed by atoms with van der Waals surface area (Å²) in [6, 6.07) is 0. The first-order valence-corrected chi connectivity index (χ1v) is 10.5. The van der Waals surface area contributed by atoms with Gasteiger partial charge in [-0.3, -0.25) is 0 Å². The molecule has 0 aliphatic rings. The summed E-state index contributed by atoms with van der Waals surface area (Å²) in [5, 5.41) is 0. The van der Waals surface area contributed by atoms with Crippen LogP contribution in [0, 0.1) is 0 Å². The van der Waals surface area contributed by atoms with E-state index in [9.17, 15) is 0 Å². The Morgan fingerprint density at radius 1 is 0.800 bits per heavy atom. The molecular weight excluding hydrogens is 228 g/mol. The first-order chi connectivity index (χ1) is 3.71. The van der Waals surface area contributed by atoms with E-state index >= 15 is 0 Å². The Morgan fingerprint density at radius 2 is 1.00 bits per heavy atom. The maximum absolute atomic E-state index is 3.74. The van der Waals surface area contributed by atoms with Crippen LogP contribution in [0.25, 0.3) is 0 Å². The normalized spacial score (nSPS) is 12.6. The van der Waals surface area contributed by atoms with Gasteiger partial charge in [0.15, 0.2) is 0 Å². The van der Waals surface area contributed by atoms with Gasteiger partial charge in [-0.25, -0.2) is 0 Å². The summed E-state index contributed by atoms with van der Waals surface area (Å²) in [4.78, 5) is 0. The third-order valence-corrected chi connectivity index (χ3v) is 6.75. The molecule has 0 aromatic heterocycles. The van der Waals surface area contributed by atoms with Gasteiger partial charge in [0.1, 0.15) is 16.5 Å². The molecule has 0 aliphatic heterocycles. The van der Waals surface area contributed by atoms with Crippen LogP contribution < -0.4 is 62.8 Å². The molecule has 4 heteroatoms. The van der Waals surface area contributed by atoms with Gasteiger partial charge in [0.2, 0.25) is 0 Å². The van der Waals surface area contributed by atoms with E-state index in [0.717, 1.165) is 0 Å². The molecule has 0 aliphatic carbocycles. The molecule has 0 fully saturated rings. The molecule has 0 radical (unpaired) electrons. The summed E-state index contributed by atoms with van der Waals surface area (Å²) in [5.41, 5.74) is 0. The SMILES string of the molecule is C[Si](C)(C)N[Si](C)(C)C.[H-].[Rb+]. The topological polar surface area (TPSA) is 12.0 Å². The summed E-state index contributed by atoms with van der Waals surface area (Å²) in [6.07, 6.45) is 0. The van der Waals surface area contributed by atoms with E-state index in [1.807, 2.05) is 0 Å². The molecule has 0 saturated carbocycles. The maximum Gasteiger partial charge on any atom is 1.00 e. The van der Waals surface area contributed by atoms with Crippen molar-refractivity contribution in [3.8, 4) is 0 Å². The van der Waals surface area contributed by atoms with Crippen molar-refractivity contribution < 1.29 is 59.6 Å². The van der Waals surface area contributed by atoms with Crippen molar-refractivity contribution >= 4 is 16.5 Å². The second-order valence-corrected chi connectivity index (χ2v) is 14.6. The van der Waals surface area contributed by atoms with Crippen molar-refractivity contribution in [3.63, 3.8) is 0 Å². The molecule has 1 nitrogen and oxygen atoms in total. The third kappa shape index (κ3) is 12.8. The molecular formula is C6H20NRbSi2. The Kier molecular flexibility index (Phi) is 7.42. The second kappa shape index (κ2) is 5.04. The summed E-state index contributed by atoms with van der Waals surface area (Å²) in [5.74, 6) is 0. The summed E-state index contributed by atoms with van der Waals surface area (Å²) in [6.45, 7) is 14.1. The van der Waals surface area contributed by atoms with Crippen LogP contribution in [0.15, 0.2) is 0 Å². The van der Waals surface area contributed by atoms with Crippen molar-refractivity contribution in [2.75, 3.05) is 0 Å². The molecule has 1 N–H and O–H groups in total. The van der Waals surface area contributed by atoms with Crippen molar-refractivity contribution in [1.29, 1.82) is 0 Å². The molecule has 0 spiro atoms. The number of nitrogens with one attached hydrogen (secondary N) is 1. The van der Waals surface area contributed by atoms with Gasteiger partial charge >= 0.3 is 58.2 Å². The van der Waals surface area contributed by atoms with E-state index in [2.05, 4.69) is 43.9 Å². The third-order valence-electron chi connectivity index (χ3n) is 0.750. The fourth-order valence-electron chi connectivity index (χ4n) is 1.12. The fraction of sp³-hybridized carbons (Fsp3) is 1.00. The van der Waals surface area contributed by atoms with Crippen LogP contribution in [0.5, 0.6) is 0 Å². The van der Waals surface area contributed by atoms with Crippen LogP contribution in [0.2, 0.25) is 39.3 Å². The second-order valence-electron chi connectivity index (χ2n) is 4.62. The van der Waals surface area contributed by atoms with Gasteiger partial charge in [-0.2, -0.15) is 0 Å². The average Bonchev–Trinajstić information content (AvgIpc) is 1.14. The van der Waals surface area contributed by atoms with E-state index in [0.29, 0.717) is 0 Å². The molecule has 10 heavy (non-hydrogen) atoms. The summed E-state index contributed by atoms with van der Waals surface area (Å²) < 4.78 is 3.74. The smallest absolute Gasteiger partial charge is 1.00 e. The quantitative estimate of drug-likeness (QED) is 0.641. The molecule has 0 bridgehead atoms. The fourth-order valence-corrected chi connectivity index (χ4v) is 10.1. The predicted octanol–water partition coefficient (Wildman–Crippen LogP) is -0.638. The van der Waals surface area contributed by atoms with Gasteiger partial charge in [-0.15, -0.1) is 0 Å². The zero-order chi connectivity index (χ0) is 7.71. The first kappa shape index (κ1) is 14.7. The molecule has 0 heterocycles. The average molecular weight is 248 g/mol. The predicted molar refractivity (Wildman–Crippen MR) is 50.9 cm³/mol. The minimum absolute atomic E-state index is 0. The molecule has 0 unspecified atom stereocenters. The van der Waals surface area contributed by atoms with Crippen LogP contribution in [-0.2, 0) is 0 Å². The van der Waals surface area contributed by atoms with E-state index in [1.165, 1.54) is 0 Å². The zero-order valence-corrected chi connectivity index (χ0v) is 15.4. The number of hydrogen-bond acceptors (Lipinski definition) is 1. The molecule has 0 aromatic carbocycles. The Labute approximate surface area is 118 Å². The summed E-state index contributed by atoms with van der Waals surface area (Å²) >= 11 is 0. The van der Waals surface area contributed by atoms with Gasteiger partial charge in [0.05, 0.1) is 0 Å². The van der Waals surface area contributed by atoms with Crippen LogP contribution in [0.4, 0.5) is 0 Å². The number of rotatable bonds is 2. The molecule has 0 aromatic rings. The van der Waals surface area contributed by atoms with Crippen LogP contribution >= 0.6 is 0 Å². The van der Waals surface area contributed by atoms with Gasteiger partial charge < -0.3 is 6.07 Å². The van der Waals surface area contributed by atoms with Gasteiger partial charge in [0, 0.05) is 0 Å². The molecule has 0 atom stereocenters. The van der Waals surface area contributed by atoms with Gasteiger partial charge in [0.25, 0.3) is 0 Å². The van der Waals surface area contributed by atoms with Crippen molar-refractivity contribution in [3.05, 3.63) is 0 Å². The van der Waals surface area contributed by atoms with Crippen molar-refractivity contribution in [2.24, 2.45) is 0 Å². The van der Waals surface area contributed by atoms with Crippen LogP contribution in [0.1, 0.15) is 1.43 Å². The van der Waals surface area contributed by atoms with Gasteiger partial charge in [-0.05, 0) is 0 Å². The minimum atomic E-state index is -0.981. The monoisotopic (exact) mass is 247 g/mol. The first-order valence-electron chi connectivity index (χ1n) is 3.50. The van der Waals surface area contributed by atoms with Crippen molar-refractivity contribution in [2.45, 2.75) is 39.3 Å². The Balaban J connectivity index is -0.000000320. The zero-order valence-electron chi connectivity index (χ0n) is 9.50. The Bertz CT molecular complexity index is 85.7. The Morgan fingerprint density at radius 3 is 1.00 bits per heavy atom. The van der Waals surface area contributed by atoms with Crippen molar-refractivity contribution in [1.82, 2.24) is 4.65 Å². The number of hydrogen-bond donors (Lipinski definition) is 1. The van der Waals surface area contributed by atoms with E-state index in [4.69, 9.17) is 0 Å². The molecule has 0 saturated heterocycles. The summed E-state index contributed by atoms with van der Waals surface area (Å²) in [7, 11) is -1.96. The maximum atomic E-state index is 3.74. The van der Waals surface area contributed by atoms with E-state index in [-0.39, 0.29) is 59.6 Å². The van der Waals surface area contributed by atoms with Gasteiger partial charge in [-0.1, -0.05) is 39.3 Å². The van der Waals surface area contributed by atoms with Crippen LogP contribution in [-0.4, -0.2) is 16.5 Å². The Hall–Kier alpha value is 2.20. The molecule has 0 amide bonds. The van der Waals surface area contributed by atoms with Crippen LogP contribution in [0.3, 0.4) is 0 Å². The van der Waals surface area contributed by atoms with E-state index < -0.39 is 16.5 Å². The van der Waals surface area contributed by atoms with E-state index in [1.54, 1.807) is 0 Å². The largest absolute Gasteiger partial charge is 1.00 e. The molecule has 0 rings (SSSR count). The standard InChI is InChI=1S/C6H19NSi2.Rb.H/c1-8(2,3)7-9(4,5)6;;/h7H,1-6H3;;/q;+1;-1. The minimum Gasteiger partial charge on any atom is -1.00 e.